The van der Waals surface area contributed by atoms with Gasteiger partial charge >= 0.3 is 6.18 Å². The zero-order chi connectivity index (χ0) is 13.0. The Hall–Kier alpha value is -1.11. The zero-order valence-corrected chi connectivity index (χ0v) is 9.39. The molecule has 6 heteroatoms. The molecule has 1 N–H and O–H groups in total. The molecular formula is C12H12F3NO2. The van der Waals surface area contributed by atoms with Gasteiger partial charge in [0, 0.05) is 6.54 Å². The molecule has 0 aliphatic carbocycles. The molecule has 0 radical (unpaired) electrons. The Balaban J connectivity index is 1.91. The van der Waals surface area contributed by atoms with E-state index in [9.17, 15) is 18.3 Å². The molecule has 0 bridgehead atoms. The van der Waals surface area contributed by atoms with Crippen molar-refractivity contribution in [2.24, 2.45) is 0 Å². The summed E-state index contributed by atoms with van der Waals surface area (Å²) in [7, 11) is 0. The number of fused-ring (bicyclic) bond motifs is 1. The third-order valence-electron chi connectivity index (χ3n) is 3.54. The Morgan fingerprint density at radius 2 is 1.94 bits per heavy atom. The van der Waals surface area contributed by atoms with Crippen LogP contribution in [0.3, 0.4) is 0 Å². The van der Waals surface area contributed by atoms with Gasteiger partial charge in [-0.05, 0) is 5.56 Å². The molecule has 2 aliphatic rings. The van der Waals surface area contributed by atoms with Crippen molar-refractivity contribution in [3.63, 3.8) is 0 Å². The van der Waals surface area contributed by atoms with Crippen LogP contribution >= 0.6 is 0 Å². The average Bonchev–Trinajstić information content (AvgIpc) is 3.05. The summed E-state index contributed by atoms with van der Waals surface area (Å²) in [6.45, 7) is 0.290. The smallest absolute Gasteiger partial charge is 0.357 e. The molecule has 18 heavy (non-hydrogen) atoms. The standard InChI is InChI=1S/C12H12F3NO2/c13-12(14,15)11(17)10-9(16(10)6-7-18-11)8-4-2-1-3-5-8/h1-5,9-10,17H,6-7H2/t9-,10+,11+,16?/m1/s1. The third-order valence-corrected chi connectivity index (χ3v) is 3.54. The van der Waals surface area contributed by atoms with Crippen molar-refractivity contribution in [2.75, 3.05) is 13.2 Å². The highest BCUT2D eigenvalue weighted by atomic mass is 19.4. The topological polar surface area (TPSA) is 32.5 Å². The van der Waals surface area contributed by atoms with Gasteiger partial charge in [0.2, 0.25) is 0 Å². The van der Waals surface area contributed by atoms with Gasteiger partial charge in [-0.2, -0.15) is 13.2 Å². The van der Waals surface area contributed by atoms with Crippen LogP contribution in [-0.2, 0) is 4.74 Å². The van der Waals surface area contributed by atoms with Crippen LogP contribution < -0.4 is 0 Å². The Labute approximate surface area is 102 Å². The number of aliphatic hydroxyl groups is 1. The monoisotopic (exact) mass is 259 g/mol. The fraction of sp³-hybridized carbons (Fsp3) is 0.500. The highest BCUT2D eigenvalue weighted by Crippen LogP contribution is 2.55. The molecule has 2 heterocycles. The van der Waals surface area contributed by atoms with Crippen LogP contribution in [0.15, 0.2) is 30.3 Å². The number of morpholine rings is 1. The van der Waals surface area contributed by atoms with Crippen LogP contribution in [-0.4, -0.2) is 41.2 Å². The van der Waals surface area contributed by atoms with E-state index in [-0.39, 0.29) is 6.61 Å². The molecule has 0 amide bonds. The molecule has 3 nitrogen and oxygen atoms in total. The summed E-state index contributed by atoms with van der Waals surface area (Å²) in [5, 5.41) is 9.76. The predicted molar refractivity (Wildman–Crippen MR) is 56.6 cm³/mol. The molecule has 1 aromatic carbocycles. The fourth-order valence-electron chi connectivity index (χ4n) is 2.66. The van der Waals surface area contributed by atoms with Crippen LogP contribution in [0.1, 0.15) is 11.6 Å². The summed E-state index contributed by atoms with van der Waals surface area (Å²) in [6, 6.07) is 7.42. The summed E-state index contributed by atoms with van der Waals surface area (Å²) < 4.78 is 43.3. The summed E-state index contributed by atoms with van der Waals surface area (Å²) in [4.78, 5) is 1.62. The van der Waals surface area contributed by atoms with Crippen LogP contribution in [0.5, 0.6) is 0 Å². The molecular weight excluding hydrogens is 247 g/mol. The van der Waals surface area contributed by atoms with E-state index >= 15 is 0 Å². The predicted octanol–water partition coefficient (Wildman–Crippen LogP) is 1.69. The quantitative estimate of drug-likeness (QED) is 0.779. The Morgan fingerprint density at radius 3 is 2.56 bits per heavy atom. The summed E-state index contributed by atoms with van der Waals surface area (Å²) in [5.74, 6) is -3.05. The van der Waals surface area contributed by atoms with Crippen molar-refractivity contribution in [3.8, 4) is 0 Å². The lowest BCUT2D eigenvalue weighted by Gasteiger charge is -2.33. The number of hydrogen-bond donors (Lipinski definition) is 1. The Morgan fingerprint density at radius 1 is 1.28 bits per heavy atom. The lowest BCUT2D eigenvalue weighted by Crippen LogP contribution is -2.56. The minimum atomic E-state index is -4.78. The number of halogens is 3. The van der Waals surface area contributed by atoms with Gasteiger partial charge < -0.3 is 9.84 Å². The second-order valence-corrected chi connectivity index (χ2v) is 4.58. The van der Waals surface area contributed by atoms with E-state index in [1.165, 1.54) is 0 Å². The van der Waals surface area contributed by atoms with E-state index in [0.717, 1.165) is 5.56 Å². The number of hydrogen-bond acceptors (Lipinski definition) is 3. The molecule has 98 valence electrons. The average molecular weight is 259 g/mol. The van der Waals surface area contributed by atoms with E-state index in [0.29, 0.717) is 6.54 Å². The van der Waals surface area contributed by atoms with Crippen molar-refractivity contribution in [2.45, 2.75) is 24.0 Å². The van der Waals surface area contributed by atoms with Crippen LogP contribution in [0.2, 0.25) is 0 Å². The van der Waals surface area contributed by atoms with E-state index in [4.69, 9.17) is 0 Å². The number of ether oxygens (including phenoxy) is 1. The maximum atomic E-state index is 12.9. The maximum Gasteiger partial charge on any atom is 0.444 e. The number of rotatable bonds is 1. The Bertz CT molecular complexity index is 450. The first-order valence-electron chi connectivity index (χ1n) is 5.69. The minimum Gasteiger partial charge on any atom is -0.357 e. The van der Waals surface area contributed by atoms with Crippen LogP contribution in [0.25, 0.3) is 0 Å². The largest absolute Gasteiger partial charge is 0.444 e. The third kappa shape index (κ3) is 1.56. The first-order valence-corrected chi connectivity index (χ1v) is 5.69. The molecule has 2 fully saturated rings. The van der Waals surface area contributed by atoms with Crippen molar-refractivity contribution in [3.05, 3.63) is 35.9 Å². The molecule has 1 aromatic rings. The van der Waals surface area contributed by atoms with E-state index in [1.54, 1.807) is 35.2 Å². The van der Waals surface area contributed by atoms with Crippen molar-refractivity contribution < 1.29 is 23.0 Å². The van der Waals surface area contributed by atoms with Crippen molar-refractivity contribution in [1.29, 1.82) is 0 Å². The van der Waals surface area contributed by atoms with Gasteiger partial charge in [0.05, 0.1) is 18.7 Å². The zero-order valence-electron chi connectivity index (χ0n) is 9.39. The van der Waals surface area contributed by atoms with Gasteiger partial charge in [-0.15, -0.1) is 0 Å². The lowest BCUT2D eigenvalue weighted by atomic mass is 10.0. The highest BCUT2D eigenvalue weighted by Gasteiger charge is 2.73. The Kier molecular flexibility index (Phi) is 2.45. The normalized spacial score (nSPS) is 39.2. The number of alkyl halides is 3. The molecule has 0 saturated carbocycles. The number of benzene rings is 1. The van der Waals surface area contributed by atoms with Crippen LogP contribution in [0.4, 0.5) is 13.2 Å². The molecule has 0 spiro atoms. The molecule has 2 aliphatic heterocycles. The second-order valence-electron chi connectivity index (χ2n) is 4.58. The summed E-state index contributed by atoms with van der Waals surface area (Å²) in [5.41, 5.74) is 0.774. The van der Waals surface area contributed by atoms with Crippen molar-refractivity contribution >= 4 is 0 Å². The number of nitrogens with zero attached hydrogens (tertiary/aromatic N) is 1. The first kappa shape index (κ1) is 12.0. The molecule has 0 aromatic heterocycles. The SMILES string of the molecule is O[C@]1(C(F)(F)F)OCCN2[C@H](c3ccccc3)[C@H]21. The van der Waals surface area contributed by atoms with Gasteiger partial charge in [0.25, 0.3) is 5.79 Å². The van der Waals surface area contributed by atoms with Gasteiger partial charge in [-0.3, -0.25) is 4.90 Å². The fourth-order valence-corrected chi connectivity index (χ4v) is 2.66. The van der Waals surface area contributed by atoms with E-state index in [1.807, 2.05) is 0 Å². The van der Waals surface area contributed by atoms with E-state index < -0.39 is 24.0 Å². The lowest BCUT2D eigenvalue weighted by molar-refractivity contribution is -0.375. The molecule has 3 rings (SSSR count). The summed E-state index contributed by atoms with van der Waals surface area (Å²) >= 11 is 0. The van der Waals surface area contributed by atoms with Gasteiger partial charge in [-0.1, -0.05) is 30.3 Å². The molecule has 1 unspecified atom stereocenters. The second kappa shape index (κ2) is 3.69. The maximum absolute atomic E-state index is 12.9. The van der Waals surface area contributed by atoms with Crippen molar-refractivity contribution in [1.82, 2.24) is 4.90 Å². The summed E-state index contributed by atoms with van der Waals surface area (Å²) in [6.07, 6.45) is -4.78. The molecule has 2 saturated heterocycles. The van der Waals surface area contributed by atoms with Gasteiger partial charge in [0.15, 0.2) is 0 Å². The van der Waals surface area contributed by atoms with E-state index in [2.05, 4.69) is 4.74 Å². The van der Waals surface area contributed by atoms with Gasteiger partial charge in [0.1, 0.15) is 0 Å². The van der Waals surface area contributed by atoms with Gasteiger partial charge in [-0.25, -0.2) is 0 Å². The van der Waals surface area contributed by atoms with Crippen LogP contribution in [0, 0.1) is 0 Å². The highest BCUT2D eigenvalue weighted by molar-refractivity contribution is 5.30. The molecule has 4 atom stereocenters. The first-order chi connectivity index (χ1) is 8.45. The minimum absolute atomic E-state index is 0.115.